The van der Waals surface area contributed by atoms with E-state index in [4.69, 9.17) is 23.1 Å². The first-order valence-corrected chi connectivity index (χ1v) is 6.65. The Kier molecular flexibility index (Phi) is 4.95. The van der Waals surface area contributed by atoms with Crippen molar-refractivity contribution < 1.29 is 42.5 Å². The van der Waals surface area contributed by atoms with Crippen molar-refractivity contribution in [1.82, 2.24) is 0 Å². The minimum Gasteiger partial charge on any atom is -0.463 e. The summed E-state index contributed by atoms with van der Waals surface area (Å²) in [5, 5.41) is 9.26. The van der Waals surface area contributed by atoms with Gasteiger partial charge in [0.2, 0.25) is 0 Å². The predicted octanol–water partition coefficient (Wildman–Crippen LogP) is -0.106. The minimum atomic E-state index is -1.52. The Morgan fingerprint density at radius 2 is 1.71 bits per heavy atom. The summed E-state index contributed by atoms with van der Waals surface area (Å²) < 4.78 is 40.7. The fraction of sp³-hybridized carbons (Fsp3) is 0.750. The van der Waals surface area contributed by atoms with E-state index in [1.165, 1.54) is 0 Å². The lowest BCUT2D eigenvalue weighted by molar-refractivity contribution is -0.229. The molecular weight excluding hydrogens is 352 g/mol. The highest BCUT2D eigenvalue weighted by molar-refractivity contribution is 9.09. The number of carbonyl (C=O) groups excluding carboxylic acids is 3. The van der Waals surface area contributed by atoms with Gasteiger partial charge in [0.25, 0.3) is 0 Å². The zero-order valence-corrected chi connectivity index (χ0v) is 12.5. The summed E-state index contributed by atoms with van der Waals surface area (Å²) in [4.78, 5) is 33.8. The van der Waals surface area contributed by atoms with Crippen molar-refractivity contribution in [1.29, 1.82) is 0 Å². The third kappa shape index (κ3) is 5.25. The number of esters is 3. The highest BCUT2D eigenvalue weighted by atomic mass is 79.9. The molecule has 1 fully saturated rings. The molecule has 0 saturated carbocycles. The fourth-order valence-corrected chi connectivity index (χ4v) is 2.44. The molecule has 1 rings (SSSR count). The predicted molar refractivity (Wildman–Crippen MR) is 71.3 cm³/mol. The third-order valence-corrected chi connectivity index (χ3v) is 3.28. The Labute approximate surface area is 134 Å². The van der Waals surface area contributed by atoms with Crippen molar-refractivity contribution in [3.8, 4) is 0 Å². The van der Waals surface area contributed by atoms with Gasteiger partial charge in [-0.15, -0.1) is 0 Å². The number of rotatable bonds is 4. The lowest BCUT2D eigenvalue weighted by Crippen LogP contribution is -2.59. The average molecular weight is 372 g/mol. The van der Waals surface area contributed by atoms with Crippen molar-refractivity contribution in [2.24, 2.45) is 0 Å². The van der Waals surface area contributed by atoms with Crippen molar-refractivity contribution in [3.05, 3.63) is 0 Å². The molecule has 0 amide bonds. The molecule has 0 radical (unpaired) electrons. The van der Waals surface area contributed by atoms with Gasteiger partial charge in [0.1, 0.15) is 18.8 Å². The van der Waals surface area contributed by atoms with E-state index in [-0.39, 0.29) is 0 Å². The van der Waals surface area contributed by atoms with E-state index in [0.29, 0.717) is 0 Å². The van der Waals surface area contributed by atoms with Crippen molar-refractivity contribution in [3.63, 3.8) is 0 Å². The van der Waals surface area contributed by atoms with Crippen molar-refractivity contribution in [2.75, 3.05) is 6.61 Å². The molecular formula is C12H17BrO8. The number of alkyl halides is 1. The average Bonchev–Trinajstić information content (AvgIpc) is 2.58. The molecule has 0 bridgehead atoms. The minimum absolute atomic E-state index is 0.408. The van der Waals surface area contributed by atoms with Crippen LogP contribution in [0.4, 0.5) is 0 Å². The van der Waals surface area contributed by atoms with Crippen LogP contribution in [0.5, 0.6) is 0 Å². The van der Waals surface area contributed by atoms with Crippen LogP contribution in [0.3, 0.4) is 0 Å². The summed E-state index contributed by atoms with van der Waals surface area (Å²) in [6.07, 6.45) is -5.26. The topological polar surface area (TPSA) is 108 Å². The van der Waals surface area contributed by atoms with Gasteiger partial charge in [-0.3, -0.25) is 14.4 Å². The van der Waals surface area contributed by atoms with Crippen LogP contribution in [-0.2, 0) is 33.3 Å². The van der Waals surface area contributed by atoms with Crippen LogP contribution in [0.25, 0.3) is 0 Å². The molecule has 1 N–H and O–H groups in total. The van der Waals surface area contributed by atoms with Gasteiger partial charge in [-0.05, 0) is 0 Å². The zero-order chi connectivity index (χ0) is 18.3. The van der Waals surface area contributed by atoms with Gasteiger partial charge in [0, 0.05) is 24.8 Å². The number of ether oxygens (including phenoxy) is 4. The maximum absolute atomic E-state index is 11.4. The van der Waals surface area contributed by atoms with E-state index in [2.05, 4.69) is 15.9 Å². The summed E-state index contributed by atoms with van der Waals surface area (Å²) in [5.41, 5.74) is 0. The Morgan fingerprint density at radius 1 is 1.14 bits per heavy atom. The summed E-state index contributed by atoms with van der Waals surface area (Å²) in [6.45, 7) is -2.42. The van der Waals surface area contributed by atoms with Gasteiger partial charge in [-0.2, -0.15) is 0 Å². The molecule has 0 spiro atoms. The fourth-order valence-electron chi connectivity index (χ4n) is 1.75. The largest absolute Gasteiger partial charge is 0.463 e. The van der Waals surface area contributed by atoms with Crippen LogP contribution in [0.15, 0.2) is 0 Å². The van der Waals surface area contributed by atoms with E-state index >= 15 is 0 Å². The number of hydrogen-bond donors (Lipinski definition) is 1. The lowest BCUT2D eigenvalue weighted by atomic mass is 10.00. The normalized spacial score (nSPS) is 34.0. The van der Waals surface area contributed by atoms with Crippen LogP contribution >= 0.6 is 15.9 Å². The molecule has 1 aliphatic heterocycles. The van der Waals surface area contributed by atoms with Crippen molar-refractivity contribution in [2.45, 2.75) is 50.1 Å². The molecule has 8 nitrogen and oxygen atoms in total. The summed E-state index contributed by atoms with van der Waals surface area (Å²) in [5.74, 6) is -2.72. The molecule has 1 aliphatic rings. The highest BCUT2D eigenvalue weighted by Gasteiger charge is 2.48. The van der Waals surface area contributed by atoms with E-state index in [0.717, 1.165) is 0 Å². The number of aliphatic hydroxyl groups is 1. The molecule has 0 aromatic rings. The summed E-state index contributed by atoms with van der Waals surface area (Å²) >= 11 is 3.07. The van der Waals surface area contributed by atoms with Crippen LogP contribution in [0, 0.1) is 0 Å². The smallest absolute Gasteiger partial charge is 0.303 e. The molecule has 1 heterocycles. The highest BCUT2D eigenvalue weighted by Crippen LogP contribution is 2.29. The number of halogens is 1. The van der Waals surface area contributed by atoms with Crippen molar-refractivity contribution >= 4 is 33.8 Å². The van der Waals surface area contributed by atoms with Gasteiger partial charge in [-0.25, -0.2) is 0 Å². The molecule has 21 heavy (non-hydrogen) atoms. The molecule has 0 aromatic carbocycles. The first-order chi connectivity index (χ1) is 11.3. The zero-order valence-electron chi connectivity index (χ0n) is 13.9. The quantitative estimate of drug-likeness (QED) is 0.414. The van der Waals surface area contributed by atoms with Gasteiger partial charge in [-0.1, -0.05) is 15.9 Å². The van der Waals surface area contributed by atoms with Gasteiger partial charge in [0.15, 0.2) is 17.2 Å². The van der Waals surface area contributed by atoms with E-state index in [1.807, 2.05) is 0 Å². The van der Waals surface area contributed by atoms with Crippen LogP contribution in [0.1, 0.15) is 24.8 Å². The van der Waals surface area contributed by atoms with Crippen LogP contribution in [0.2, 0.25) is 0 Å². The molecule has 5 atom stereocenters. The maximum Gasteiger partial charge on any atom is 0.303 e. The maximum atomic E-state index is 11.4. The standard InChI is InChI=1S/C12H17BrO8/c1-5(14)18-4-8-9(17)10(19-6(2)15)11(12(13)21-8)20-7(3)16/h8-12,17H,4H2,1-3H3/t8-,9-,10+,11-,12?/m1/s1/i1D,2D,3D. The molecule has 9 heteroatoms. The Bertz CT molecular complexity index is 466. The Morgan fingerprint density at radius 3 is 2.29 bits per heavy atom. The summed E-state index contributed by atoms with van der Waals surface area (Å²) in [7, 11) is 0. The van der Waals surface area contributed by atoms with Crippen LogP contribution < -0.4 is 0 Å². The third-order valence-electron chi connectivity index (χ3n) is 2.55. The Balaban J connectivity index is 2.88. The van der Waals surface area contributed by atoms with Gasteiger partial charge >= 0.3 is 17.9 Å². The molecule has 1 saturated heterocycles. The first kappa shape index (κ1) is 13.5. The second kappa shape index (κ2) is 7.71. The number of aliphatic hydroxyl groups excluding tert-OH is 1. The number of hydrogen-bond acceptors (Lipinski definition) is 8. The van der Waals surface area contributed by atoms with Gasteiger partial charge < -0.3 is 24.1 Å². The van der Waals surface area contributed by atoms with Gasteiger partial charge in [0.05, 0.1) is 0 Å². The molecule has 120 valence electrons. The van der Waals surface area contributed by atoms with E-state index < -0.39 is 74.6 Å². The molecule has 0 aliphatic carbocycles. The van der Waals surface area contributed by atoms with E-state index in [9.17, 15) is 19.5 Å². The molecule has 1 unspecified atom stereocenters. The second-order valence-electron chi connectivity index (χ2n) is 4.11. The monoisotopic (exact) mass is 371 g/mol. The number of carbonyl (C=O) groups is 3. The summed E-state index contributed by atoms with van der Waals surface area (Å²) in [6, 6.07) is 0. The second-order valence-corrected chi connectivity index (χ2v) is 5.01. The van der Waals surface area contributed by atoms with Crippen LogP contribution in [-0.4, -0.2) is 59.1 Å². The van der Waals surface area contributed by atoms with E-state index in [1.54, 1.807) is 0 Å². The first-order valence-electron chi connectivity index (χ1n) is 7.86. The Hall–Kier alpha value is -1.19. The SMILES string of the molecule is [2H]CC(=O)OC[C@H]1OC(Br)[C@H](OC(=O)C[2H])[C@@H](OC(=O)C[2H])[C@@H]1O. The lowest BCUT2D eigenvalue weighted by Gasteiger charge is -2.41. The molecule has 0 aromatic heterocycles.